The third-order valence-corrected chi connectivity index (χ3v) is 7.77. The molecule has 2 amide bonds. The minimum absolute atomic E-state index is 0.149. The van der Waals surface area contributed by atoms with Crippen LogP contribution in [0.15, 0.2) is 101 Å². The van der Waals surface area contributed by atoms with E-state index in [-0.39, 0.29) is 24.5 Å². The first-order valence-corrected chi connectivity index (χ1v) is 14.0. The molecule has 0 saturated carbocycles. The number of hydrogen-bond acceptors (Lipinski definition) is 7. The minimum atomic E-state index is -0.293. The van der Waals surface area contributed by atoms with Crippen molar-refractivity contribution in [1.29, 1.82) is 0 Å². The molecule has 0 bridgehead atoms. The molecule has 5 aromatic rings. The van der Waals surface area contributed by atoms with Crippen LogP contribution >= 0.6 is 11.3 Å². The predicted octanol–water partition coefficient (Wildman–Crippen LogP) is 6.36. The van der Waals surface area contributed by atoms with E-state index in [4.69, 9.17) is 13.9 Å². The molecule has 1 unspecified atom stereocenters. The van der Waals surface area contributed by atoms with Gasteiger partial charge in [-0.05, 0) is 71.6 Å². The number of anilines is 1. The number of methoxy groups -OCH3 is 1. The monoisotopic (exact) mass is 565 g/mol. The Morgan fingerprint density at radius 2 is 1.83 bits per heavy atom. The Morgan fingerprint density at radius 1 is 1.02 bits per heavy atom. The molecule has 1 N–H and O–H groups in total. The molecular formula is C32H27N3O5S. The van der Waals surface area contributed by atoms with E-state index < -0.39 is 0 Å². The van der Waals surface area contributed by atoms with Crippen LogP contribution < -0.4 is 14.8 Å². The zero-order chi connectivity index (χ0) is 28.2. The van der Waals surface area contributed by atoms with Crippen LogP contribution in [0.5, 0.6) is 11.5 Å². The second-order valence-corrected chi connectivity index (χ2v) is 10.4. The number of benzene rings is 3. The number of nitrogens with zero attached hydrogens (tertiary/aromatic N) is 2. The number of rotatable bonds is 8. The number of aromatic nitrogens is 1. The molecule has 2 aromatic heterocycles. The summed E-state index contributed by atoms with van der Waals surface area (Å²) in [5.74, 6) is 1.25. The van der Waals surface area contributed by atoms with Gasteiger partial charge in [0.1, 0.15) is 28.8 Å². The zero-order valence-electron chi connectivity index (χ0n) is 22.3. The fraction of sp³-hybridized carbons (Fsp3) is 0.156. The average Bonchev–Trinajstić information content (AvgIpc) is 3.73. The standard InChI is InChI=1S/C32H27N3O5S/c1-38-24-13-10-23(11-14-24)33-31(36)27-20-41-29(34-27)19-40-25-12-9-21-15-16-35(32(37)28-8-5-17-39-28)30(26(21)18-25)22-6-3-2-4-7-22/h2-14,17-18,20,30H,15-16,19H2,1H3,(H,33,36). The molecular weight excluding hydrogens is 538 g/mol. The quantitative estimate of drug-likeness (QED) is 0.235. The number of fused-ring (bicyclic) bond motifs is 1. The maximum atomic E-state index is 13.4. The highest BCUT2D eigenvalue weighted by molar-refractivity contribution is 7.09. The molecule has 0 aliphatic carbocycles. The molecule has 6 rings (SSSR count). The molecule has 1 aliphatic heterocycles. The molecule has 1 atom stereocenters. The van der Waals surface area contributed by atoms with Gasteiger partial charge in [0.2, 0.25) is 0 Å². The van der Waals surface area contributed by atoms with Gasteiger partial charge >= 0.3 is 0 Å². The largest absolute Gasteiger partial charge is 0.497 e. The Bertz CT molecular complexity index is 1650. The van der Waals surface area contributed by atoms with Crippen molar-refractivity contribution in [2.45, 2.75) is 19.1 Å². The van der Waals surface area contributed by atoms with Crippen LogP contribution in [0.25, 0.3) is 0 Å². The molecule has 8 nitrogen and oxygen atoms in total. The van der Waals surface area contributed by atoms with Crippen LogP contribution in [0, 0.1) is 0 Å². The van der Waals surface area contributed by atoms with E-state index in [0.717, 1.165) is 17.5 Å². The number of thiazole rings is 1. The third-order valence-electron chi connectivity index (χ3n) is 6.95. The number of hydrogen-bond donors (Lipinski definition) is 1. The highest BCUT2D eigenvalue weighted by atomic mass is 32.1. The maximum absolute atomic E-state index is 13.4. The predicted molar refractivity (Wildman–Crippen MR) is 156 cm³/mol. The zero-order valence-corrected chi connectivity index (χ0v) is 23.1. The third kappa shape index (κ3) is 5.71. The van der Waals surface area contributed by atoms with Gasteiger partial charge in [0.25, 0.3) is 11.8 Å². The van der Waals surface area contributed by atoms with E-state index in [1.165, 1.54) is 23.2 Å². The topological polar surface area (TPSA) is 93.9 Å². The first-order chi connectivity index (χ1) is 20.1. The van der Waals surface area contributed by atoms with E-state index >= 15 is 0 Å². The summed E-state index contributed by atoms with van der Waals surface area (Å²) in [6.45, 7) is 0.789. The van der Waals surface area contributed by atoms with Crippen molar-refractivity contribution in [3.05, 3.63) is 130 Å². The minimum Gasteiger partial charge on any atom is -0.497 e. The van der Waals surface area contributed by atoms with Crippen molar-refractivity contribution in [3.8, 4) is 11.5 Å². The SMILES string of the molecule is COc1ccc(NC(=O)c2csc(COc3ccc4c(c3)C(c3ccccc3)N(C(=O)c3ccco3)CC4)n2)cc1. The van der Waals surface area contributed by atoms with Gasteiger partial charge in [0.15, 0.2) is 5.76 Å². The highest BCUT2D eigenvalue weighted by Crippen LogP contribution is 2.38. The first kappa shape index (κ1) is 26.3. The van der Waals surface area contributed by atoms with E-state index in [9.17, 15) is 9.59 Å². The van der Waals surface area contributed by atoms with Crippen LogP contribution in [0.3, 0.4) is 0 Å². The van der Waals surface area contributed by atoms with Gasteiger partial charge in [-0.1, -0.05) is 36.4 Å². The lowest BCUT2D eigenvalue weighted by Gasteiger charge is -2.37. The number of furan rings is 1. The Labute approximate surface area is 241 Å². The van der Waals surface area contributed by atoms with Gasteiger partial charge in [0.05, 0.1) is 19.4 Å². The van der Waals surface area contributed by atoms with Gasteiger partial charge in [0, 0.05) is 17.6 Å². The van der Waals surface area contributed by atoms with E-state index in [0.29, 0.717) is 40.2 Å². The number of ether oxygens (including phenoxy) is 2. The summed E-state index contributed by atoms with van der Waals surface area (Å²) >= 11 is 1.36. The highest BCUT2D eigenvalue weighted by Gasteiger charge is 2.34. The number of carbonyl (C=O) groups excluding carboxylic acids is 2. The van der Waals surface area contributed by atoms with Crippen LogP contribution in [0.4, 0.5) is 5.69 Å². The van der Waals surface area contributed by atoms with Crippen LogP contribution in [0.2, 0.25) is 0 Å². The van der Waals surface area contributed by atoms with Crippen LogP contribution in [0.1, 0.15) is 48.8 Å². The van der Waals surface area contributed by atoms with Crippen molar-refractivity contribution in [2.75, 3.05) is 19.0 Å². The van der Waals surface area contributed by atoms with Crippen LogP contribution in [-0.4, -0.2) is 35.4 Å². The lowest BCUT2D eigenvalue weighted by molar-refractivity contribution is 0.0661. The average molecular weight is 566 g/mol. The Morgan fingerprint density at radius 3 is 2.59 bits per heavy atom. The summed E-state index contributed by atoms with van der Waals surface area (Å²) in [6.07, 6.45) is 2.24. The second-order valence-electron chi connectivity index (χ2n) is 9.50. The molecule has 0 fully saturated rings. The molecule has 1 aliphatic rings. The van der Waals surface area contributed by atoms with E-state index in [1.807, 2.05) is 47.4 Å². The summed E-state index contributed by atoms with van der Waals surface area (Å²) in [7, 11) is 1.59. The number of amides is 2. The van der Waals surface area contributed by atoms with Gasteiger partial charge in [-0.3, -0.25) is 9.59 Å². The number of carbonyl (C=O) groups is 2. The lowest BCUT2D eigenvalue weighted by Crippen LogP contribution is -2.40. The molecule has 0 spiro atoms. The normalized spacial score (nSPS) is 14.3. The summed E-state index contributed by atoms with van der Waals surface area (Å²) < 4.78 is 16.7. The van der Waals surface area contributed by atoms with Gasteiger partial charge in [-0.15, -0.1) is 11.3 Å². The Balaban J connectivity index is 1.18. The summed E-state index contributed by atoms with van der Waals surface area (Å²) in [5, 5.41) is 5.24. The van der Waals surface area contributed by atoms with Crippen molar-refractivity contribution in [1.82, 2.24) is 9.88 Å². The van der Waals surface area contributed by atoms with Crippen LogP contribution in [-0.2, 0) is 13.0 Å². The summed E-state index contributed by atoms with van der Waals surface area (Å²) in [6, 6.07) is 26.2. The fourth-order valence-electron chi connectivity index (χ4n) is 4.93. The molecule has 41 heavy (non-hydrogen) atoms. The second kappa shape index (κ2) is 11.7. The first-order valence-electron chi connectivity index (χ1n) is 13.1. The molecule has 0 radical (unpaired) electrons. The molecule has 0 saturated heterocycles. The van der Waals surface area contributed by atoms with Crippen molar-refractivity contribution in [3.63, 3.8) is 0 Å². The lowest BCUT2D eigenvalue weighted by atomic mass is 9.87. The fourth-order valence-corrected chi connectivity index (χ4v) is 5.62. The molecule has 3 aromatic carbocycles. The molecule has 206 valence electrons. The smallest absolute Gasteiger partial charge is 0.290 e. The number of nitrogens with one attached hydrogen (secondary N) is 1. The van der Waals surface area contributed by atoms with Gasteiger partial charge in [-0.25, -0.2) is 4.98 Å². The molecule has 3 heterocycles. The van der Waals surface area contributed by atoms with Crippen molar-refractivity contribution in [2.24, 2.45) is 0 Å². The van der Waals surface area contributed by atoms with E-state index in [1.54, 1.807) is 48.9 Å². The maximum Gasteiger partial charge on any atom is 0.290 e. The van der Waals surface area contributed by atoms with Crippen molar-refractivity contribution < 1.29 is 23.5 Å². The molecule has 9 heteroatoms. The Hall–Kier alpha value is -4.89. The van der Waals surface area contributed by atoms with Gasteiger partial charge < -0.3 is 24.1 Å². The van der Waals surface area contributed by atoms with E-state index in [2.05, 4.69) is 16.4 Å². The summed E-state index contributed by atoms with van der Waals surface area (Å²) in [5.41, 5.74) is 4.17. The Kier molecular flexibility index (Phi) is 7.51. The summed E-state index contributed by atoms with van der Waals surface area (Å²) in [4.78, 5) is 32.4. The van der Waals surface area contributed by atoms with Gasteiger partial charge in [-0.2, -0.15) is 0 Å². The van der Waals surface area contributed by atoms with Crippen molar-refractivity contribution >= 4 is 28.8 Å².